The first-order chi connectivity index (χ1) is 14.3. The summed E-state index contributed by atoms with van der Waals surface area (Å²) in [4.78, 5) is 21.7. The number of nitrogens with one attached hydrogen (secondary N) is 1. The zero-order chi connectivity index (χ0) is 20.9. The number of carbonyl (C=O) groups excluding carboxylic acids is 1. The number of carbonyl (C=O) groups is 1. The Morgan fingerprint density at radius 1 is 1.10 bits per heavy atom. The Morgan fingerprint density at radius 3 is 2.53 bits per heavy atom. The fourth-order valence-corrected chi connectivity index (χ4v) is 4.51. The lowest BCUT2D eigenvalue weighted by molar-refractivity contribution is -0.137. The third-order valence-electron chi connectivity index (χ3n) is 6.15. The number of aromatic nitrogens is 2. The maximum atomic E-state index is 13.0. The number of nitrogens with zero attached hydrogens (tertiary/aromatic N) is 2. The predicted octanol–water partition coefficient (Wildman–Crippen LogP) is 5.63. The lowest BCUT2D eigenvalue weighted by Gasteiger charge is -2.34. The Hall–Kier alpha value is -3.03. The Balaban J connectivity index is 1.31. The average Bonchev–Trinajstić information content (AvgIpc) is 3.29. The van der Waals surface area contributed by atoms with Gasteiger partial charge in [-0.15, -0.1) is 0 Å². The monoisotopic (exact) mass is 415 g/mol. The molecule has 1 amide bonds. The molecule has 0 radical (unpaired) electrons. The van der Waals surface area contributed by atoms with Crippen molar-refractivity contribution in [3.05, 3.63) is 59.9 Å². The molecule has 30 heavy (non-hydrogen) atoms. The van der Waals surface area contributed by atoms with Crippen molar-refractivity contribution in [1.82, 2.24) is 9.97 Å². The van der Waals surface area contributed by atoms with Gasteiger partial charge in [-0.1, -0.05) is 18.2 Å². The minimum absolute atomic E-state index is 0.0989. The molecular formula is C22H20F3N3O2. The molecular weight excluding hydrogens is 395 g/mol. The van der Waals surface area contributed by atoms with E-state index in [1.165, 1.54) is 6.07 Å². The van der Waals surface area contributed by atoms with E-state index in [4.69, 9.17) is 4.74 Å². The van der Waals surface area contributed by atoms with Crippen molar-refractivity contribution in [2.75, 3.05) is 11.4 Å². The van der Waals surface area contributed by atoms with Crippen molar-refractivity contribution in [3.8, 4) is 0 Å². The lowest BCUT2D eigenvalue weighted by atomic mass is 9.78. The molecule has 1 saturated heterocycles. The predicted molar refractivity (Wildman–Crippen MR) is 105 cm³/mol. The van der Waals surface area contributed by atoms with Crippen molar-refractivity contribution in [1.29, 1.82) is 0 Å². The molecule has 156 valence electrons. The number of hydrogen-bond donors (Lipinski definition) is 1. The molecule has 1 aliphatic carbocycles. The van der Waals surface area contributed by atoms with Crippen molar-refractivity contribution < 1.29 is 22.7 Å². The van der Waals surface area contributed by atoms with Gasteiger partial charge in [0.1, 0.15) is 11.4 Å². The van der Waals surface area contributed by atoms with Crippen LogP contribution < -0.4 is 4.90 Å². The second-order valence-electron chi connectivity index (χ2n) is 8.10. The molecule has 2 aromatic carbocycles. The van der Waals surface area contributed by atoms with E-state index >= 15 is 0 Å². The van der Waals surface area contributed by atoms with E-state index < -0.39 is 17.3 Å². The number of imidazole rings is 1. The van der Waals surface area contributed by atoms with Gasteiger partial charge in [-0.05, 0) is 56.0 Å². The molecule has 5 nitrogen and oxygen atoms in total. The van der Waals surface area contributed by atoms with Gasteiger partial charge in [-0.25, -0.2) is 9.78 Å². The number of amides is 1. The van der Waals surface area contributed by atoms with E-state index in [1.54, 1.807) is 4.90 Å². The second-order valence-corrected chi connectivity index (χ2v) is 8.10. The Morgan fingerprint density at radius 2 is 1.83 bits per heavy atom. The number of rotatable bonds is 2. The van der Waals surface area contributed by atoms with E-state index in [9.17, 15) is 18.0 Å². The topological polar surface area (TPSA) is 58.2 Å². The highest BCUT2D eigenvalue weighted by Gasteiger charge is 2.48. The highest BCUT2D eigenvalue weighted by molar-refractivity contribution is 5.90. The van der Waals surface area contributed by atoms with Crippen LogP contribution in [0.2, 0.25) is 0 Å². The first kappa shape index (κ1) is 19.0. The molecule has 1 spiro atoms. The van der Waals surface area contributed by atoms with E-state index in [1.807, 2.05) is 30.3 Å². The standard InChI is InChI=1S/C22H20F3N3O2/c23-22(24,25)15-6-7-17-18(12-15)27-19(26-17)14-8-10-21(11-9-14)13-28(20(29)30-21)16-4-2-1-3-5-16/h1-7,12,14H,8-11,13H2,(H,26,27). The fraction of sp³-hybridized carbons (Fsp3) is 0.364. The molecule has 8 heteroatoms. The van der Waals surface area contributed by atoms with Crippen molar-refractivity contribution in [3.63, 3.8) is 0 Å². The number of para-hydroxylation sites is 1. The molecule has 0 unspecified atom stereocenters. The number of fused-ring (bicyclic) bond motifs is 1. The summed E-state index contributed by atoms with van der Waals surface area (Å²) >= 11 is 0. The van der Waals surface area contributed by atoms with Crippen molar-refractivity contribution in [2.24, 2.45) is 0 Å². The van der Waals surface area contributed by atoms with Crippen LogP contribution in [0.1, 0.15) is 43.0 Å². The smallest absolute Gasteiger partial charge is 0.416 e. The molecule has 2 fully saturated rings. The number of alkyl halides is 3. The largest absolute Gasteiger partial charge is 0.441 e. The van der Waals surface area contributed by atoms with Gasteiger partial charge >= 0.3 is 12.3 Å². The summed E-state index contributed by atoms with van der Waals surface area (Å²) in [7, 11) is 0. The van der Waals surface area contributed by atoms with E-state index in [0.717, 1.165) is 30.7 Å². The van der Waals surface area contributed by atoms with Crippen molar-refractivity contribution >= 4 is 22.8 Å². The summed E-state index contributed by atoms with van der Waals surface area (Å²) in [5, 5.41) is 0. The van der Waals surface area contributed by atoms with E-state index in [-0.39, 0.29) is 12.0 Å². The van der Waals surface area contributed by atoms with Crippen LogP contribution >= 0.6 is 0 Å². The van der Waals surface area contributed by atoms with Crippen LogP contribution in [-0.2, 0) is 10.9 Å². The van der Waals surface area contributed by atoms with Gasteiger partial charge in [0, 0.05) is 11.6 Å². The number of H-pyrrole nitrogens is 1. The Labute approximate surface area is 170 Å². The highest BCUT2D eigenvalue weighted by atomic mass is 19.4. The molecule has 2 aliphatic rings. The van der Waals surface area contributed by atoms with Crippen molar-refractivity contribution in [2.45, 2.75) is 43.4 Å². The molecule has 0 atom stereocenters. The molecule has 1 aliphatic heterocycles. The molecule has 1 N–H and O–H groups in total. The first-order valence-corrected chi connectivity index (χ1v) is 9.95. The maximum absolute atomic E-state index is 13.0. The molecule has 1 aromatic heterocycles. The fourth-order valence-electron chi connectivity index (χ4n) is 4.51. The number of hydrogen-bond acceptors (Lipinski definition) is 3. The molecule has 1 saturated carbocycles. The molecule has 5 rings (SSSR count). The van der Waals surface area contributed by atoms with Crippen LogP contribution in [-0.4, -0.2) is 28.2 Å². The summed E-state index contributed by atoms with van der Waals surface area (Å²) < 4.78 is 44.6. The Bertz CT molecular complexity index is 1090. The van der Waals surface area contributed by atoms with Gasteiger partial charge in [0.25, 0.3) is 0 Å². The summed E-state index contributed by atoms with van der Waals surface area (Å²) in [6, 6.07) is 13.0. The summed E-state index contributed by atoms with van der Waals surface area (Å²) in [6.45, 7) is 0.512. The van der Waals surface area contributed by atoms with Crippen LogP contribution in [0.25, 0.3) is 11.0 Å². The van der Waals surface area contributed by atoms with E-state index in [2.05, 4.69) is 9.97 Å². The van der Waals surface area contributed by atoms with E-state index in [0.29, 0.717) is 36.2 Å². The average molecular weight is 415 g/mol. The summed E-state index contributed by atoms with van der Waals surface area (Å²) in [5.41, 5.74) is 0.535. The summed E-state index contributed by atoms with van der Waals surface area (Å²) in [6.07, 6.45) is -1.82. The number of anilines is 1. The van der Waals surface area contributed by atoms with Crippen LogP contribution in [0.5, 0.6) is 0 Å². The lowest BCUT2D eigenvalue weighted by Crippen LogP contribution is -2.38. The first-order valence-electron chi connectivity index (χ1n) is 9.95. The molecule has 2 heterocycles. The number of benzene rings is 2. The van der Waals surface area contributed by atoms with Crippen LogP contribution in [0, 0.1) is 0 Å². The van der Waals surface area contributed by atoms with Gasteiger partial charge in [0.05, 0.1) is 23.1 Å². The van der Waals surface area contributed by atoms with Gasteiger partial charge in [0.2, 0.25) is 0 Å². The van der Waals surface area contributed by atoms with Gasteiger partial charge in [-0.3, -0.25) is 4.90 Å². The zero-order valence-corrected chi connectivity index (χ0v) is 16.1. The highest BCUT2D eigenvalue weighted by Crippen LogP contribution is 2.43. The molecule has 3 aromatic rings. The van der Waals surface area contributed by atoms with Crippen LogP contribution in [0.3, 0.4) is 0 Å². The molecule has 0 bridgehead atoms. The van der Waals surface area contributed by atoms with Crippen LogP contribution in [0.15, 0.2) is 48.5 Å². The van der Waals surface area contributed by atoms with Gasteiger partial charge in [-0.2, -0.15) is 13.2 Å². The SMILES string of the molecule is O=C1OC2(CCC(c3nc4ccc(C(F)(F)F)cc4[nH]3)CC2)CN1c1ccccc1. The van der Waals surface area contributed by atoms with Crippen LogP contribution in [0.4, 0.5) is 23.7 Å². The minimum Gasteiger partial charge on any atom is -0.441 e. The summed E-state index contributed by atoms with van der Waals surface area (Å²) in [5.74, 6) is 0.797. The maximum Gasteiger partial charge on any atom is 0.416 e. The third-order valence-corrected chi connectivity index (χ3v) is 6.15. The number of ether oxygens (including phenoxy) is 1. The normalized spacial score (nSPS) is 24.6. The quantitative estimate of drug-likeness (QED) is 0.590. The van der Waals surface area contributed by atoms with Gasteiger partial charge in [0.15, 0.2) is 0 Å². The minimum atomic E-state index is -4.38. The second kappa shape index (κ2) is 6.75. The number of halogens is 3. The zero-order valence-electron chi connectivity index (χ0n) is 16.1. The van der Waals surface area contributed by atoms with Gasteiger partial charge < -0.3 is 9.72 Å². The number of aromatic amines is 1. The Kier molecular flexibility index (Phi) is 4.27. The third kappa shape index (κ3) is 3.30.